The summed E-state index contributed by atoms with van der Waals surface area (Å²) in [6.45, 7) is 1.49. The molecule has 9 heteroatoms. The molecule has 0 radical (unpaired) electrons. The first-order chi connectivity index (χ1) is 8.92. The molecule has 0 saturated carbocycles. The van der Waals surface area contributed by atoms with E-state index in [4.69, 9.17) is 5.11 Å². The Hall–Kier alpha value is -1.06. The molecule has 0 aliphatic carbocycles. The van der Waals surface area contributed by atoms with Crippen LogP contribution < -0.4 is 4.72 Å². The second kappa shape index (κ2) is 5.51. The molecule has 1 aliphatic rings. The van der Waals surface area contributed by atoms with Crippen LogP contribution in [0.25, 0.3) is 0 Å². The minimum atomic E-state index is -3.86. The molecule has 0 unspecified atom stereocenters. The third-order valence-corrected chi connectivity index (χ3v) is 5.63. The average molecular weight is 305 g/mol. The molecule has 106 valence electrons. The van der Waals surface area contributed by atoms with Gasteiger partial charge in [-0.3, -0.25) is 5.10 Å². The fraction of sp³-hybridized carbons (Fsp3) is 0.600. The van der Waals surface area contributed by atoms with E-state index in [9.17, 15) is 13.2 Å². The SMILES string of the molecule is Cc1[nH]nc(C(=O)O)c1S(=O)(=O)NC1CCSCC1. The number of aromatic amines is 1. The first-order valence-electron chi connectivity index (χ1n) is 5.80. The third kappa shape index (κ3) is 3.10. The molecule has 0 aromatic carbocycles. The van der Waals surface area contributed by atoms with Crippen molar-refractivity contribution in [2.45, 2.75) is 30.7 Å². The average Bonchev–Trinajstić information content (AvgIpc) is 2.73. The fourth-order valence-corrected chi connectivity index (χ4v) is 4.72. The van der Waals surface area contributed by atoms with Gasteiger partial charge in [0.2, 0.25) is 10.0 Å². The Bertz CT molecular complexity index is 576. The predicted octanol–water partition coefficient (Wildman–Crippen LogP) is 0.590. The third-order valence-electron chi connectivity index (χ3n) is 2.91. The summed E-state index contributed by atoms with van der Waals surface area (Å²) in [5.74, 6) is 0.455. The van der Waals surface area contributed by atoms with Crippen molar-refractivity contribution in [1.82, 2.24) is 14.9 Å². The van der Waals surface area contributed by atoms with E-state index in [1.165, 1.54) is 6.92 Å². The Morgan fingerprint density at radius 2 is 2.11 bits per heavy atom. The van der Waals surface area contributed by atoms with Crippen LogP contribution in [0.5, 0.6) is 0 Å². The van der Waals surface area contributed by atoms with Crippen LogP contribution in [0.2, 0.25) is 0 Å². The maximum atomic E-state index is 12.3. The summed E-state index contributed by atoms with van der Waals surface area (Å²) in [5.41, 5.74) is -0.231. The summed E-state index contributed by atoms with van der Waals surface area (Å²) in [4.78, 5) is 10.7. The molecule has 1 aliphatic heterocycles. The van der Waals surface area contributed by atoms with E-state index >= 15 is 0 Å². The molecular formula is C10H15N3O4S2. The highest BCUT2D eigenvalue weighted by molar-refractivity contribution is 7.99. The number of carboxylic acids is 1. The van der Waals surface area contributed by atoms with Crippen LogP contribution in [0, 0.1) is 6.92 Å². The highest BCUT2D eigenvalue weighted by atomic mass is 32.2. The van der Waals surface area contributed by atoms with Gasteiger partial charge in [0.1, 0.15) is 4.90 Å². The molecule has 0 atom stereocenters. The predicted molar refractivity (Wildman–Crippen MR) is 71.0 cm³/mol. The molecule has 7 nitrogen and oxygen atoms in total. The number of thioether (sulfide) groups is 1. The van der Waals surface area contributed by atoms with Gasteiger partial charge in [0.15, 0.2) is 5.69 Å². The molecule has 0 bridgehead atoms. The minimum Gasteiger partial charge on any atom is -0.476 e. The normalized spacial score (nSPS) is 17.5. The molecule has 19 heavy (non-hydrogen) atoms. The van der Waals surface area contributed by atoms with E-state index in [0.29, 0.717) is 0 Å². The number of nitrogens with one attached hydrogen (secondary N) is 2. The number of aromatic carboxylic acids is 1. The lowest BCUT2D eigenvalue weighted by molar-refractivity contribution is 0.0686. The van der Waals surface area contributed by atoms with Crippen LogP contribution in [0.4, 0.5) is 0 Å². The van der Waals surface area contributed by atoms with E-state index in [2.05, 4.69) is 14.9 Å². The number of rotatable bonds is 4. The van der Waals surface area contributed by atoms with Crippen LogP contribution in [0.1, 0.15) is 29.0 Å². The van der Waals surface area contributed by atoms with Crippen molar-refractivity contribution in [3.63, 3.8) is 0 Å². The van der Waals surface area contributed by atoms with E-state index in [1.807, 2.05) is 0 Å². The summed E-state index contributed by atoms with van der Waals surface area (Å²) in [6, 6.07) is -0.137. The Kier molecular flexibility index (Phi) is 4.16. The molecule has 0 amide bonds. The Morgan fingerprint density at radius 1 is 1.47 bits per heavy atom. The lowest BCUT2D eigenvalue weighted by atomic mass is 10.2. The number of hydrogen-bond donors (Lipinski definition) is 3. The topological polar surface area (TPSA) is 112 Å². The van der Waals surface area contributed by atoms with Gasteiger partial charge in [-0.15, -0.1) is 0 Å². The van der Waals surface area contributed by atoms with Gasteiger partial charge in [-0.2, -0.15) is 16.9 Å². The molecule has 1 aromatic heterocycles. The molecular weight excluding hydrogens is 290 g/mol. The number of carboxylic acid groups (broad SMARTS) is 1. The maximum Gasteiger partial charge on any atom is 0.357 e. The number of nitrogens with zero attached hydrogens (tertiary/aromatic N) is 1. The number of H-pyrrole nitrogens is 1. The Labute approximate surface area is 115 Å². The van der Waals surface area contributed by atoms with Gasteiger partial charge < -0.3 is 5.11 Å². The molecule has 1 fully saturated rings. The monoisotopic (exact) mass is 305 g/mol. The van der Waals surface area contributed by atoms with Crippen molar-refractivity contribution >= 4 is 27.8 Å². The molecule has 3 N–H and O–H groups in total. The zero-order valence-electron chi connectivity index (χ0n) is 10.3. The van der Waals surface area contributed by atoms with Gasteiger partial charge in [0.05, 0.1) is 5.69 Å². The van der Waals surface area contributed by atoms with Crippen LogP contribution in [-0.2, 0) is 10.0 Å². The highest BCUT2D eigenvalue weighted by Gasteiger charge is 2.30. The van der Waals surface area contributed by atoms with Crippen molar-refractivity contribution in [3.8, 4) is 0 Å². The quantitative estimate of drug-likeness (QED) is 0.750. The van der Waals surface area contributed by atoms with Crippen molar-refractivity contribution in [2.24, 2.45) is 0 Å². The van der Waals surface area contributed by atoms with Gasteiger partial charge in [0, 0.05) is 6.04 Å². The molecule has 2 rings (SSSR count). The van der Waals surface area contributed by atoms with Gasteiger partial charge in [-0.05, 0) is 31.3 Å². The van der Waals surface area contributed by atoms with E-state index in [-0.39, 0.29) is 16.6 Å². The van der Waals surface area contributed by atoms with Crippen molar-refractivity contribution < 1.29 is 18.3 Å². The molecule has 1 saturated heterocycles. The van der Waals surface area contributed by atoms with Gasteiger partial charge in [-0.25, -0.2) is 17.9 Å². The smallest absolute Gasteiger partial charge is 0.357 e. The van der Waals surface area contributed by atoms with Gasteiger partial charge >= 0.3 is 5.97 Å². The van der Waals surface area contributed by atoms with Crippen molar-refractivity contribution in [1.29, 1.82) is 0 Å². The number of aryl methyl sites for hydroxylation is 1. The Morgan fingerprint density at radius 3 is 2.68 bits per heavy atom. The second-order valence-corrected chi connectivity index (χ2v) is 7.21. The van der Waals surface area contributed by atoms with Crippen molar-refractivity contribution in [2.75, 3.05) is 11.5 Å². The number of carbonyl (C=O) groups is 1. The summed E-state index contributed by atoms with van der Waals surface area (Å²) < 4.78 is 27.1. The maximum absolute atomic E-state index is 12.3. The van der Waals surface area contributed by atoms with Gasteiger partial charge in [-0.1, -0.05) is 0 Å². The molecule has 0 spiro atoms. The highest BCUT2D eigenvalue weighted by Crippen LogP contribution is 2.22. The lowest BCUT2D eigenvalue weighted by Crippen LogP contribution is -2.38. The standard InChI is InChI=1S/C10H15N3O4S2/c1-6-9(8(10(14)15)12-11-6)19(16,17)13-7-2-4-18-5-3-7/h7,13H,2-5H2,1H3,(H,11,12)(H,14,15). The molecule has 2 heterocycles. The van der Waals surface area contributed by atoms with E-state index < -0.39 is 21.7 Å². The Balaban J connectivity index is 2.28. The van der Waals surface area contributed by atoms with Gasteiger partial charge in [0.25, 0.3) is 0 Å². The summed E-state index contributed by atoms with van der Waals surface area (Å²) in [5, 5.41) is 14.9. The van der Waals surface area contributed by atoms with E-state index in [1.54, 1.807) is 11.8 Å². The van der Waals surface area contributed by atoms with Crippen LogP contribution >= 0.6 is 11.8 Å². The second-order valence-electron chi connectivity index (χ2n) is 4.34. The van der Waals surface area contributed by atoms with Crippen LogP contribution in [0.15, 0.2) is 4.90 Å². The number of hydrogen-bond acceptors (Lipinski definition) is 5. The number of sulfonamides is 1. The largest absolute Gasteiger partial charge is 0.476 e. The zero-order valence-corrected chi connectivity index (χ0v) is 12.0. The molecule has 1 aromatic rings. The number of aromatic nitrogens is 2. The van der Waals surface area contributed by atoms with E-state index in [0.717, 1.165) is 24.3 Å². The zero-order chi connectivity index (χ0) is 14.0. The van der Waals surface area contributed by atoms with Crippen LogP contribution in [-0.4, -0.2) is 47.2 Å². The fourth-order valence-electron chi connectivity index (χ4n) is 1.99. The summed E-state index contributed by atoms with van der Waals surface area (Å²) in [7, 11) is -3.86. The summed E-state index contributed by atoms with van der Waals surface area (Å²) in [6.07, 6.45) is 1.51. The minimum absolute atomic E-state index is 0.137. The van der Waals surface area contributed by atoms with Crippen LogP contribution in [0.3, 0.4) is 0 Å². The first kappa shape index (κ1) is 14.4. The van der Waals surface area contributed by atoms with Crippen molar-refractivity contribution in [3.05, 3.63) is 11.4 Å². The lowest BCUT2D eigenvalue weighted by Gasteiger charge is -2.22. The summed E-state index contributed by atoms with van der Waals surface area (Å²) >= 11 is 1.79. The first-order valence-corrected chi connectivity index (χ1v) is 8.44.